The highest BCUT2D eigenvalue weighted by Gasteiger charge is 2.26. The van der Waals surface area contributed by atoms with Crippen LogP contribution in [0, 0.1) is 11.6 Å². The van der Waals surface area contributed by atoms with Gasteiger partial charge in [-0.3, -0.25) is 0 Å². The van der Waals surface area contributed by atoms with E-state index in [9.17, 15) is 22.0 Å². The molecule has 1 aromatic rings. The topological polar surface area (TPSA) is 35.2 Å². The number of nitrogens with two attached hydrogens (primary N) is 1. The third-order valence-corrected chi connectivity index (χ3v) is 2.34. The molecule has 0 saturated carbocycles. The maximum atomic E-state index is 13.5. The van der Waals surface area contributed by atoms with Crippen molar-refractivity contribution in [3.63, 3.8) is 0 Å². The van der Waals surface area contributed by atoms with Gasteiger partial charge < -0.3 is 10.5 Å². The van der Waals surface area contributed by atoms with Crippen LogP contribution in [0.25, 0.3) is 0 Å². The summed E-state index contributed by atoms with van der Waals surface area (Å²) in [6.07, 6.45) is -5.40. The third-order valence-electron chi connectivity index (χ3n) is 2.34. The summed E-state index contributed by atoms with van der Waals surface area (Å²) in [5.74, 6) is -2.52. The Hall–Kier alpha value is -1.37. The van der Waals surface area contributed by atoms with Crippen molar-refractivity contribution in [1.82, 2.24) is 0 Å². The van der Waals surface area contributed by atoms with Crippen molar-refractivity contribution in [3.8, 4) is 5.75 Å². The summed E-state index contributed by atoms with van der Waals surface area (Å²) < 4.78 is 67.2. The lowest BCUT2D eigenvalue weighted by molar-refractivity contribution is -0.136. The second-order valence-corrected chi connectivity index (χ2v) is 3.99. The van der Waals surface area contributed by atoms with Gasteiger partial charge in [0, 0.05) is 6.42 Å². The SMILES string of the molecule is NCCc1cc(F)c(OCCCC(F)(F)F)c(F)c1. The minimum Gasteiger partial charge on any atom is -0.488 e. The summed E-state index contributed by atoms with van der Waals surface area (Å²) >= 11 is 0. The molecule has 0 spiro atoms. The summed E-state index contributed by atoms with van der Waals surface area (Å²) in [5, 5.41) is 0. The van der Waals surface area contributed by atoms with Gasteiger partial charge in [-0.1, -0.05) is 0 Å². The van der Waals surface area contributed by atoms with Gasteiger partial charge >= 0.3 is 6.18 Å². The fraction of sp³-hybridized carbons (Fsp3) is 0.500. The van der Waals surface area contributed by atoms with Gasteiger partial charge in [0.05, 0.1) is 6.61 Å². The van der Waals surface area contributed by atoms with E-state index >= 15 is 0 Å². The zero-order chi connectivity index (χ0) is 14.5. The van der Waals surface area contributed by atoms with Crippen LogP contribution < -0.4 is 10.5 Å². The Labute approximate surface area is 107 Å². The molecule has 0 aliphatic heterocycles. The first-order valence-electron chi connectivity index (χ1n) is 5.71. The van der Waals surface area contributed by atoms with Crippen LogP contribution in [-0.4, -0.2) is 19.3 Å². The van der Waals surface area contributed by atoms with Crippen LogP contribution in [0.5, 0.6) is 5.75 Å². The van der Waals surface area contributed by atoms with Gasteiger partial charge in [-0.25, -0.2) is 8.78 Å². The smallest absolute Gasteiger partial charge is 0.389 e. The molecule has 0 unspecified atom stereocenters. The van der Waals surface area contributed by atoms with Crippen molar-refractivity contribution >= 4 is 0 Å². The number of ether oxygens (including phenoxy) is 1. The lowest BCUT2D eigenvalue weighted by Crippen LogP contribution is -2.11. The molecule has 7 heteroatoms. The molecule has 0 fully saturated rings. The van der Waals surface area contributed by atoms with Crippen LogP contribution in [0.15, 0.2) is 12.1 Å². The lowest BCUT2D eigenvalue weighted by atomic mass is 10.1. The molecule has 0 aromatic heterocycles. The van der Waals surface area contributed by atoms with E-state index in [1.54, 1.807) is 0 Å². The molecule has 0 amide bonds. The Morgan fingerprint density at radius 2 is 1.68 bits per heavy atom. The molecule has 108 valence electrons. The minimum absolute atomic E-state index is 0.241. The highest BCUT2D eigenvalue weighted by molar-refractivity contribution is 5.31. The molecule has 0 aliphatic carbocycles. The van der Waals surface area contributed by atoms with Crippen molar-refractivity contribution in [2.24, 2.45) is 5.73 Å². The predicted octanol–water partition coefficient (Wildman–Crippen LogP) is 3.19. The maximum absolute atomic E-state index is 13.5. The van der Waals surface area contributed by atoms with Crippen molar-refractivity contribution in [2.75, 3.05) is 13.2 Å². The lowest BCUT2D eigenvalue weighted by Gasteiger charge is -2.11. The van der Waals surface area contributed by atoms with Crippen LogP contribution in [0.2, 0.25) is 0 Å². The molecule has 2 N–H and O–H groups in total. The first kappa shape index (κ1) is 15.7. The van der Waals surface area contributed by atoms with Crippen molar-refractivity contribution in [3.05, 3.63) is 29.3 Å². The van der Waals surface area contributed by atoms with E-state index in [2.05, 4.69) is 0 Å². The standard InChI is InChI=1S/C12H14F5NO/c13-9-6-8(2-4-18)7-10(14)11(9)19-5-1-3-12(15,16)17/h6-7H,1-5,18H2. The third kappa shape index (κ3) is 5.42. The number of hydrogen-bond acceptors (Lipinski definition) is 2. The zero-order valence-electron chi connectivity index (χ0n) is 10.1. The van der Waals surface area contributed by atoms with Crippen LogP contribution >= 0.6 is 0 Å². The molecule has 19 heavy (non-hydrogen) atoms. The second kappa shape index (κ2) is 6.70. The summed E-state index contributed by atoms with van der Waals surface area (Å²) in [7, 11) is 0. The van der Waals surface area contributed by atoms with Crippen LogP contribution in [0.4, 0.5) is 22.0 Å². The number of rotatable bonds is 6. The minimum atomic E-state index is -4.30. The van der Waals surface area contributed by atoms with Gasteiger partial charge in [-0.05, 0) is 37.1 Å². The largest absolute Gasteiger partial charge is 0.488 e. The average molecular weight is 283 g/mol. The Morgan fingerprint density at radius 1 is 1.11 bits per heavy atom. The average Bonchev–Trinajstić information content (AvgIpc) is 2.26. The molecule has 0 aliphatic rings. The summed E-state index contributed by atoms with van der Waals surface area (Å²) in [5.41, 5.74) is 5.63. The molecular formula is C12H14F5NO. The van der Waals surface area contributed by atoms with E-state index in [4.69, 9.17) is 10.5 Å². The Morgan fingerprint density at radius 3 is 2.16 bits per heavy atom. The van der Waals surface area contributed by atoms with Gasteiger partial charge in [0.15, 0.2) is 17.4 Å². The molecular weight excluding hydrogens is 269 g/mol. The molecule has 2 nitrogen and oxygen atoms in total. The Balaban J connectivity index is 2.59. The van der Waals surface area contributed by atoms with E-state index in [0.717, 1.165) is 12.1 Å². The summed E-state index contributed by atoms with van der Waals surface area (Å²) in [4.78, 5) is 0. The van der Waals surface area contributed by atoms with Gasteiger partial charge in [0.1, 0.15) is 0 Å². The van der Waals surface area contributed by atoms with Crippen LogP contribution in [-0.2, 0) is 6.42 Å². The molecule has 1 aromatic carbocycles. The van der Waals surface area contributed by atoms with Gasteiger partial charge in [-0.15, -0.1) is 0 Å². The number of alkyl halides is 3. The van der Waals surface area contributed by atoms with E-state index < -0.39 is 36.6 Å². The van der Waals surface area contributed by atoms with Gasteiger partial charge in [-0.2, -0.15) is 13.2 Å². The molecule has 0 radical (unpaired) electrons. The van der Waals surface area contributed by atoms with Gasteiger partial charge in [0.25, 0.3) is 0 Å². The highest BCUT2D eigenvalue weighted by atomic mass is 19.4. The molecule has 0 saturated heterocycles. The molecule has 0 heterocycles. The fourth-order valence-electron chi connectivity index (χ4n) is 1.51. The highest BCUT2D eigenvalue weighted by Crippen LogP contribution is 2.25. The Bertz CT molecular complexity index is 396. The van der Waals surface area contributed by atoms with E-state index in [-0.39, 0.29) is 13.0 Å². The quantitative estimate of drug-likeness (QED) is 0.643. The monoisotopic (exact) mass is 283 g/mol. The number of hydrogen-bond donors (Lipinski definition) is 1. The van der Waals surface area contributed by atoms with Crippen molar-refractivity contribution in [1.29, 1.82) is 0 Å². The van der Waals surface area contributed by atoms with E-state index in [0.29, 0.717) is 12.0 Å². The van der Waals surface area contributed by atoms with Crippen molar-refractivity contribution in [2.45, 2.75) is 25.4 Å². The fourth-order valence-corrected chi connectivity index (χ4v) is 1.51. The van der Waals surface area contributed by atoms with Crippen LogP contribution in [0.3, 0.4) is 0 Å². The molecule has 0 atom stereocenters. The van der Waals surface area contributed by atoms with E-state index in [1.165, 1.54) is 0 Å². The number of halogens is 5. The van der Waals surface area contributed by atoms with Crippen LogP contribution in [0.1, 0.15) is 18.4 Å². The van der Waals surface area contributed by atoms with Crippen molar-refractivity contribution < 1.29 is 26.7 Å². The first-order valence-corrected chi connectivity index (χ1v) is 5.71. The molecule has 0 bridgehead atoms. The zero-order valence-corrected chi connectivity index (χ0v) is 10.1. The summed E-state index contributed by atoms with van der Waals surface area (Å²) in [6, 6.07) is 2.13. The number of benzene rings is 1. The normalized spacial score (nSPS) is 11.7. The first-order chi connectivity index (χ1) is 8.83. The van der Waals surface area contributed by atoms with Gasteiger partial charge in [0.2, 0.25) is 0 Å². The Kier molecular flexibility index (Phi) is 5.53. The predicted molar refractivity (Wildman–Crippen MR) is 59.9 cm³/mol. The summed E-state index contributed by atoms with van der Waals surface area (Å²) in [6.45, 7) is -0.158. The maximum Gasteiger partial charge on any atom is 0.389 e. The molecule has 1 rings (SSSR count). The second-order valence-electron chi connectivity index (χ2n) is 3.99. The van der Waals surface area contributed by atoms with E-state index in [1.807, 2.05) is 0 Å².